The van der Waals surface area contributed by atoms with Crippen molar-refractivity contribution < 1.29 is 14.3 Å². The molecule has 1 aliphatic heterocycles. The summed E-state index contributed by atoms with van der Waals surface area (Å²) in [4.78, 5) is 36.1. The smallest absolute Gasteiger partial charge is 0.408 e. The Morgan fingerprint density at radius 1 is 1.15 bits per heavy atom. The summed E-state index contributed by atoms with van der Waals surface area (Å²) in [5.41, 5.74) is 9.53. The third-order valence-corrected chi connectivity index (χ3v) is 5.48. The van der Waals surface area contributed by atoms with Gasteiger partial charge in [0, 0.05) is 30.4 Å². The zero-order valence-electron chi connectivity index (χ0n) is 19.6. The van der Waals surface area contributed by atoms with E-state index in [9.17, 15) is 9.59 Å². The van der Waals surface area contributed by atoms with Crippen molar-refractivity contribution in [3.8, 4) is 11.3 Å². The summed E-state index contributed by atoms with van der Waals surface area (Å²) in [6.45, 7) is 5.91. The molecular weight excluding hydrogens is 430 g/mol. The van der Waals surface area contributed by atoms with Gasteiger partial charge in [0.1, 0.15) is 11.6 Å². The quantitative estimate of drug-likeness (QED) is 0.601. The molecule has 0 aliphatic carbocycles. The number of alkyl carbamates (subject to hydrolysis) is 1. The minimum atomic E-state index is -0.760. The molecule has 1 aromatic heterocycles. The van der Waals surface area contributed by atoms with E-state index < -0.39 is 17.7 Å². The molecule has 3 aromatic rings. The molecule has 0 fully saturated rings. The van der Waals surface area contributed by atoms with Crippen LogP contribution in [0.15, 0.2) is 60.8 Å². The van der Waals surface area contributed by atoms with Gasteiger partial charge in [-0.2, -0.15) is 0 Å². The van der Waals surface area contributed by atoms with Crippen molar-refractivity contribution in [2.24, 2.45) is 0 Å². The number of fused-ring (bicyclic) bond motifs is 1. The van der Waals surface area contributed by atoms with Gasteiger partial charge < -0.3 is 20.7 Å². The topological polar surface area (TPSA) is 110 Å². The molecule has 34 heavy (non-hydrogen) atoms. The van der Waals surface area contributed by atoms with Crippen molar-refractivity contribution in [2.45, 2.75) is 45.3 Å². The molecular formula is C26H29N5O3. The number of anilines is 2. The lowest BCUT2D eigenvalue weighted by Crippen LogP contribution is -2.50. The van der Waals surface area contributed by atoms with Gasteiger partial charge in [0.05, 0.1) is 5.69 Å². The summed E-state index contributed by atoms with van der Waals surface area (Å²) in [5.74, 6) is 0.0410. The number of aromatic nitrogens is 2. The predicted octanol–water partition coefficient (Wildman–Crippen LogP) is 3.75. The zero-order valence-corrected chi connectivity index (χ0v) is 19.6. The molecule has 0 spiro atoms. The van der Waals surface area contributed by atoms with Crippen molar-refractivity contribution in [3.05, 3.63) is 71.9 Å². The number of nitrogen functional groups attached to an aromatic ring is 1. The number of carbonyl (C=O) groups excluding carboxylic acids is 2. The van der Waals surface area contributed by atoms with E-state index >= 15 is 0 Å². The number of carbonyl (C=O) groups is 2. The number of nitrogens with two attached hydrogens (primary N) is 1. The molecule has 0 radical (unpaired) electrons. The second-order valence-electron chi connectivity index (χ2n) is 9.27. The summed E-state index contributed by atoms with van der Waals surface area (Å²) < 4.78 is 5.42. The van der Waals surface area contributed by atoms with Crippen molar-refractivity contribution in [1.82, 2.24) is 15.3 Å². The monoisotopic (exact) mass is 459 g/mol. The van der Waals surface area contributed by atoms with Gasteiger partial charge in [0.2, 0.25) is 11.9 Å². The normalized spacial score (nSPS) is 13.8. The molecule has 3 N–H and O–H groups in total. The van der Waals surface area contributed by atoms with Crippen LogP contribution in [0.4, 0.5) is 16.4 Å². The van der Waals surface area contributed by atoms with Gasteiger partial charge in [-0.25, -0.2) is 14.8 Å². The largest absolute Gasteiger partial charge is 0.444 e. The van der Waals surface area contributed by atoms with Crippen molar-refractivity contribution >= 4 is 23.6 Å². The van der Waals surface area contributed by atoms with Crippen LogP contribution < -0.4 is 16.0 Å². The van der Waals surface area contributed by atoms with Gasteiger partial charge in [0.25, 0.3) is 0 Å². The number of hydrogen-bond donors (Lipinski definition) is 2. The first-order valence-electron chi connectivity index (χ1n) is 11.3. The molecule has 8 nitrogen and oxygen atoms in total. The van der Waals surface area contributed by atoms with E-state index in [0.29, 0.717) is 19.4 Å². The fourth-order valence-electron chi connectivity index (χ4n) is 4.01. The van der Waals surface area contributed by atoms with Crippen molar-refractivity contribution in [3.63, 3.8) is 0 Å². The predicted molar refractivity (Wildman–Crippen MR) is 131 cm³/mol. The summed E-state index contributed by atoms with van der Waals surface area (Å²) in [6, 6.07) is 16.5. The highest BCUT2D eigenvalue weighted by atomic mass is 16.6. The highest BCUT2D eigenvalue weighted by molar-refractivity contribution is 6.00. The summed E-state index contributed by atoms with van der Waals surface area (Å²) in [5, 5.41) is 2.79. The number of nitrogens with zero attached hydrogens (tertiary/aromatic N) is 3. The fourth-order valence-corrected chi connectivity index (χ4v) is 4.01. The number of ether oxygens (including phenoxy) is 1. The van der Waals surface area contributed by atoms with Gasteiger partial charge in [0.15, 0.2) is 0 Å². The molecule has 0 bridgehead atoms. The van der Waals surface area contributed by atoms with Crippen LogP contribution in [-0.4, -0.2) is 40.2 Å². The third-order valence-electron chi connectivity index (χ3n) is 5.48. The molecule has 176 valence electrons. The highest BCUT2D eigenvalue weighted by Gasteiger charge is 2.32. The van der Waals surface area contributed by atoms with E-state index in [1.807, 2.05) is 48.5 Å². The maximum absolute atomic E-state index is 13.6. The lowest BCUT2D eigenvalue weighted by Gasteiger charge is -2.27. The molecule has 8 heteroatoms. The van der Waals surface area contributed by atoms with Gasteiger partial charge in [-0.15, -0.1) is 0 Å². The average molecular weight is 460 g/mol. The van der Waals surface area contributed by atoms with Crippen LogP contribution in [0.2, 0.25) is 0 Å². The maximum atomic E-state index is 13.6. The van der Waals surface area contributed by atoms with Crippen molar-refractivity contribution in [2.75, 3.05) is 17.2 Å². The number of rotatable bonds is 5. The molecule has 1 atom stereocenters. The Morgan fingerprint density at radius 3 is 2.62 bits per heavy atom. The number of hydrogen-bond acceptors (Lipinski definition) is 6. The highest BCUT2D eigenvalue weighted by Crippen LogP contribution is 2.32. The summed E-state index contributed by atoms with van der Waals surface area (Å²) >= 11 is 0. The first-order chi connectivity index (χ1) is 16.2. The third kappa shape index (κ3) is 5.51. The van der Waals surface area contributed by atoms with Crippen LogP contribution in [0.5, 0.6) is 0 Å². The Kier molecular flexibility index (Phi) is 6.49. The lowest BCUT2D eigenvalue weighted by atomic mass is 10.0. The van der Waals surface area contributed by atoms with E-state index in [1.54, 1.807) is 37.9 Å². The average Bonchev–Trinajstić information content (AvgIpc) is 3.21. The molecule has 0 saturated carbocycles. The van der Waals surface area contributed by atoms with Gasteiger partial charge >= 0.3 is 6.09 Å². The minimum Gasteiger partial charge on any atom is -0.444 e. The van der Waals surface area contributed by atoms with E-state index in [4.69, 9.17) is 10.5 Å². The van der Waals surface area contributed by atoms with E-state index in [2.05, 4.69) is 15.3 Å². The van der Waals surface area contributed by atoms with Crippen LogP contribution in [0.3, 0.4) is 0 Å². The molecule has 1 aliphatic rings. The van der Waals surface area contributed by atoms with Gasteiger partial charge in [-0.1, -0.05) is 36.4 Å². The summed E-state index contributed by atoms with van der Waals surface area (Å²) in [7, 11) is 0. The summed E-state index contributed by atoms with van der Waals surface area (Å²) in [6.07, 6.45) is 2.08. The van der Waals surface area contributed by atoms with Gasteiger partial charge in [-0.05, 0) is 56.5 Å². The number of amides is 2. The maximum Gasteiger partial charge on any atom is 0.408 e. The second-order valence-corrected chi connectivity index (χ2v) is 9.27. The Morgan fingerprint density at radius 2 is 1.91 bits per heavy atom. The van der Waals surface area contributed by atoms with Crippen LogP contribution in [0.1, 0.15) is 31.9 Å². The first kappa shape index (κ1) is 23.2. The Labute approximate surface area is 199 Å². The van der Waals surface area contributed by atoms with Crippen molar-refractivity contribution in [1.29, 1.82) is 0 Å². The minimum absolute atomic E-state index is 0.174. The van der Waals surface area contributed by atoms with Crippen LogP contribution in [0.25, 0.3) is 11.3 Å². The lowest BCUT2D eigenvalue weighted by molar-refractivity contribution is -0.120. The molecule has 0 saturated heterocycles. The van der Waals surface area contributed by atoms with Crippen LogP contribution >= 0.6 is 0 Å². The Balaban J connectivity index is 1.57. The first-order valence-corrected chi connectivity index (χ1v) is 11.3. The molecule has 2 aromatic carbocycles. The van der Waals surface area contributed by atoms with Crippen LogP contribution in [-0.2, 0) is 22.4 Å². The Bertz CT molecular complexity index is 1190. The van der Waals surface area contributed by atoms with E-state index in [1.165, 1.54) is 0 Å². The van der Waals surface area contributed by atoms with Crippen LogP contribution in [0, 0.1) is 0 Å². The SMILES string of the molecule is CC(C)(C)OC(=O)N[C@@H](Cc1ccccc1)C(=O)N1CCc2cc(-c3ccnc(N)n3)ccc21. The zero-order chi connectivity index (χ0) is 24.3. The fraction of sp³-hybridized carbons (Fsp3) is 0.308. The molecule has 2 amide bonds. The second kappa shape index (κ2) is 9.51. The molecule has 0 unspecified atom stereocenters. The number of nitrogens with one attached hydrogen (secondary N) is 1. The van der Waals surface area contributed by atoms with E-state index in [0.717, 1.165) is 28.1 Å². The van der Waals surface area contributed by atoms with Gasteiger partial charge in [-0.3, -0.25) is 4.79 Å². The number of benzene rings is 2. The molecule has 2 heterocycles. The Hall–Kier alpha value is -3.94. The molecule has 4 rings (SSSR count). The standard InChI is InChI=1S/C26H29N5O3/c1-26(2,3)34-25(33)30-21(15-17-7-5-4-6-8-17)23(32)31-14-12-19-16-18(9-10-22(19)31)20-11-13-28-24(27)29-20/h4-11,13,16,21H,12,14-15H2,1-3H3,(H,30,33)(H2,27,28,29)/t21-/m0/s1. The van der Waals surface area contributed by atoms with E-state index in [-0.39, 0.29) is 11.9 Å².